The number of hydrogen-bond donors (Lipinski definition) is 1. The summed E-state index contributed by atoms with van der Waals surface area (Å²) in [5.74, 6) is 0.168. The molecule has 1 aromatic rings. The van der Waals surface area contributed by atoms with Crippen LogP contribution in [0.25, 0.3) is 0 Å². The number of piperazine rings is 1. The van der Waals surface area contributed by atoms with Gasteiger partial charge in [-0.15, -0.1) is 0 Å². The zero-order valence-electron chi connectivity index (χ0n) is 12.6. The number of rotatable bonds is 3. The maximum atomic E-state index is 12.5. The first kappa shape index (κ1) is 14.1. The second-order valence-corrected chi connectivity index (χ2v) is 6.01. The Morgan fingerprint density at radius 3 is 2.95 bits per heavy atom. The van der Waals surface area contributed by atoms with E-state index < -0.39 is 0 Å². The fourth-order valence-corrected chi connectivity index (χ4v) is 3.14. The van der Waals surface area contributed by atoms with Gasteiger partial charge >= 0.3 is 6.03 Å². The number of nitrogens with zero attached hydrogens (tertiary/aromatic N) is 2. The van der Waals surface area contributed by atoms with Crippen molar-refractivity contribution >= 4 is 11.8 Å². The van der Waals surface area contributed by atoms with Gasteiger partial charge in [0.1, 0.15) is 0 Å². The number of urea groups is 1. The molecule has 0 saturated carbocycles. The topological polar surface area (TPSA) is 52.7 Å². The van der Waals surface area contributed by atoms with E-state index in [-0.39, 0.29) is 17.9 Å². The number of carbonyl (C=O) groups is 2. The molecule has 2 heterocycles. The molecule has 2 amide bonds. The Morgan fingerprint density at radius 2 is 2.14 bits per heavy atom. The molecule has 0 aromatic heterocycles. The van der Waals surface area contributed by atoms with Gasteiger partial charge in [-0.2, -0.15) is 0 Å². The molecule has 1 N–H and O–H groups in total. The van der Waals surface area contributed by atoms with Crippen molar-refractivity contribution in [1.82, 2.24) is 15.1 Å². The molecule has 1 atom stereocenters. The number of nitrogens with one attached hydrogen (secondary N) is 1. The second-order valence-electron chi connectivity index (χ2n) is 6.01. The largest absolute Gasteiger partial charge is 0.336 e. The Morgan fingerprint density at radius 1 is 1.33 bits per heavy atom. The van der Waals surface area contributed by atoms with Gasteiger partial charge in [0, 0.05) is 31.7 Å². The van der Waals surface area contributed by atoms with Crippen LogP contribution in [0.15, 0.2) is 18.2 Å². The summed E-state index contributed by atoms with van der Waals surface area (Å²) in [6.45, 7) is 7.34. The number of hydrogen-bond acceptors (Lipinski definition) is 3. The van der Waals surface area contributed by atoms with Crippen molar-refractivity contribution in [1.29, 1.82) is 0 Å². The maximum absolute atomic E-state index is 12.5. The van der Waals surface area contributed by atoms with Crippen LogP contribution in [0, 0.1) is 13.8 Å². The minimum Gasteiger partial charge on any atom is -0.336 e. The smallest absolute Gasteiger partial charge is 0.317 e. The van der Waals surface area contributed by atoms with E-state index >= 15 is 0 Å². The number of fused-ring (bicyclic) bond motifs is 1. The Bertz CT molecular complexity index is 585. The summed E-state index contributed by atoms with van der Waals surface area (Å²) in [5.41, 5.74) is 2.96. The van der Waals surface area contributed by atoms with Crippen molar-refractivity contribution < 1.29 is 9.59 Å². The van der Waals surface area contributed by atoms with E-state index in [2.05, 4.69) is 10.2 Å². The van der Waals surface area contributed by atoms with Crippen LogP contribution in [0.2, 0.25) is 0 Å². The zero-order chi connectivity index (χ0) is 15.0. The molecule has 2 saturated heterocycles. The van der Waals surface area contributed by atoms with Crippen LogP contribution in [-0.2, 0) is 0 Å². The molecule has 2 aliphatic heterocycles. The molecule has 5 nitrogen and oxygen atoms in total. The third-order valence-corrected chi connectivity index (χ3v) is 4.38. The number of Topliss-reactive ketones (excluding diaryl/α,β-unsaturated/α-hetero) is 1. The van der Waals surface area contributed by atoms with Crippen molar-refractivity contribution in [2.45, 2.75) is 19.9 Å². The lowest BCUT2D eigenvalue weighted by Crippen LogP contribution is -2.53. The van der Waals surface area contributed by atoms with E-state index in [0.29, 0.717) is 19.6 Å². The number of benzene rings is 1. The quantitative estimate of drug-likeness (QED) is 0.850. The molecule has 21 heavy (non-hydrogen) atoms. The van der Waals surface area contributed by atoms with Crippen molar-refractivity contribution in [3.63, 3.8) is 0 Å². The molecule has 0 radical (unpaired) electrons. The van der Waals surface area contributed by atoms with Crippen LogP contribution < -0.4 is 5.32 Å². The average Bonchev–Trinajstić information content (AvgIpc) is 2.82. The van der Waals surface area contributed by atoms with Gasteiger partial charge in [-0.1, -0.05) is 17.7 Å². The van der Waals surface area contributed by atoms with Crippen LogP contribution in [-0.4, -0.2) is 60.4 Å². The molecule has 0 aliphatic carbocycles. The Balaban J connectivity index is 1.66. The van der Waals surface area contributed by atoms with E-state index in [1.54, 1.807) is 0 Å². The number of aryl methyl sites for hydroxylation is 2. The van der Waals surface area contributed by atoms with Crippen LogP contribution in [0.5, 0.6) is 0 Å². The van der Waals surface area contributed by atoms with Gasteiger partial charge in [-0.3, -0.25) is 9.69 Å². The SMILES string of the molecule is Cc1ccc(C)c(C(=O)CN2CCN3C(=O)NCC3C2)c1. The van der Waals surface area contributed by atoms with E-state index in [9.17, 15) is 9.59 Å². The molecule has 112 valence electrons. The van der Waals surface area contributed by atoms with Crippen LogP contribution in [0.3, 0.4) is 0 Å². The second kappa shape index (κ2) is 5.48. The van der Waals surface area contributed by atoms with Gasteiger partial charge in [0.25, 0.3) is 0 Å². The monoisotopic (exact) mass is 287 g/mol. The van der Waals surface area contributed by atoms with Gasteiger partial charge in [0.2, 0.25) is 0 Å². The summed E-state index contributed by atoms with van der Waals surface area (Å²) >= 11 is 0. The number of carbonyl (C=O) groups excluding carboxylic acids is 2. The minimum absolute atomic E-state index is 0.0282. The van der Waals surface area contributed by atoms with Crippen molar-refractivity contribution in [3.8, 4) is 0 Å². The van der Waals surface area contributed by atoms with Gasteiger partial charge in [0.15, 0.2) is 5.78 Å². The van der Waals surface area contributed by atoms with Gasteiger partial charge < -0.3 is 10.2 Å². The highest BCUT2D eigenvalue weighted by Gasteiger charge is 2.35. The first-order valence-electron chi connectivity index (χ1n) is 7.42. The fraction of sp³-hybridized carbons (Fsp3) is 0.500. The standard InChI is InChI=1S/C16H21N3O2/c1-11-3-4-12(2)14(7-11)15(20)10-18-5-6-19-13(9-18)8-17-16(19)21/h3-4,7,13H,5-6,8-10H2,1-2H3,(H,17,21). The highest BCUT2D eigenvalue weighted by molar-refractivity contribution is 5.99. The third kappa shape index (κ3) is 2.78. The molecule has 2 fully saturated rings. The highest BCUT2D eigenvalue weighted by atomic mass is 16.2. The van der Waals surface area contributed by atoms with Crippen molar-refractivity contribution in [3.05, 3.63) is 34.9 Å². The van der Waals surface area contributed by atoms with Gasteiger partial charge in [-0.25, -0.2) is 4.79 Å². The highest BCUT2D eigenvalue weighted by Crippen LogP contribution is 2.16. The van der Waals surface area contributed by atoms with Gasteiger partial charge in [0.05, 0.1) is 12.6 Å². The average molecular weight is 287 g/mol. The summed E-state index contributed by atoms with van der Waals surface area (Å²) in [4.78, 5) is 28.1. The predicted octanol–water partition coefficient (Wildman–Crippen LogP) is 1.20. The molecule has 5 heteroatoms. The summed E-state index contributed by atoms with van der Waals surface area (Å²) in [7, 11) is 0. The Labute approximate surface area is 124 Å². The molecule has 0 bridgehead atoms. The summed E-state index contributed by atoms with van der Waals surface area (Å²) in [6.07, 6.45) is 0. The van der Waals surface area contributed by atoms with Crippen molar-refractivity contribution in [2.24, 2.45) is 0 Å². The number of amides is 2. The van der Waals surface area contributed by atoms with Crippen LogP contribution in [0.4, 0.5) is 4.79 Å². The molecule has 1 unspecified atom stereocenters. The maximum Gasteiger partial charge on any atom is 0.317 e. The normalized spacial score (nSPS) is 22.1. The third-order valence-electron chi connectivity index (χ3n) is 4.38. The molecule has 1 aromatic carbocycles. The van der Waals surface area contributed by atoms with Gasteiger partial charge in [-0.05, 0) is 25.5 Å². The Hall–Kier alpha value is -1.88. The van der Waals surface area contributed by atoms with E-state index in [0.717, 1.165) is 29.8 Å². The lowest BCUT2D eigenvalue weighted by atomic mass is 10.0. The van der Waals surface area contributed by atoms with Crippen LogP contribution >= 0.6 is 0 Å². The fourth-order valence-electron chi connectivity index (χ4n) is 3.14. The number of ketones is 1. The first-order chi connectivity index (χ1) is 10.0. The molecular weight excluding hydrogens is 266 g/mol. The predicted molar refractivity (Wildman–Crippen MR) is 80.6 cm³/mol. The summed E-state index contributed by atoms with van der Waals surface area (Å²) in [5, 5.41) is 2.86. The van der Waals surface area contributed by atoms with E-state index in [1.807, 2.05) is 36.9 Å². The molecular formula is C16H21N3O2. The van der Waals surface area contributed by atoms with Crippen LogP contribution in [0.1, 0.15) is 21.5 Å². The summed E-state index contributed by atoms with van der Waals surface area (Å²) < 4.78 is 0. The van der Waals surface area contributed by atoms with Crippen molar-refractivity contribution in [2.75, 3.05) is 32.7 Å². The zero-order valence-corrected chi connectivity index (χ0v) is 12.6. The molecule has 3 rings (SSSR count). The lowest BCUT2D eigenvalue weighted by Gasteiger charge is -2.36. The minimum atomic E-state index is 0.0282. The van der Waals surface area contributed by atoms with E-state index in [1.165, 1.54) is 0 Å². The molecule has 2 aliphatic rings. The Kier molecular flexibility index (Phi) is 3.68. The summed E-state index contributed by atoms with van der Waals surface area (Å²) in [6, 6.07) is 6.23. The first-order valence-corrected chi connectivity index (χ1v) is 7.42. The lowest BCUT2D eigenvalue weighted by molar-refractivity contribution is 0.0837. The molecule has 0 spiro atoms. The van der Waals surface area contributed by atoms with E-state index in [4.69, 9.17) is 0 Å².